The molecule has 0 bridgehead atoms. The molecule has 0 radical (unpaired) electrons. The number of rotatable bonds is 5. The van der Waals surface area contributed by atoms with E-state index >= 15 is 0 Å². The number of amides is 1. The second kappa shape index (κ2) is 5.74. The second-order valence-corrected chi connectivity index (χ2v) is 5.82. The molecule has 0 saturated heterocycles. The maximum atomic E-state index is 12.0. The fourth-order valence-corrected chi connectivity index (χ4v) is 2.51. The Morgan fingerprint density at radius 1 is 1.43 bits per heavy atom. The van der Waals surface area contributed by atoms with Gasteiger partial charge < -0.3 is 15.0 Å². The Morgan fingerprint density at radius 2 is 2.24 bits per heavy atom. The van der Waals surface area contributed by atoms with E-state index in [0.29, 0.717) is 5.92 Å². The Hall–Kier alpha value is -2.07. The predicted octanol–water partition coefficient (Wildman–Crippen LogP) is 2.88. The van der Waals surface area contributed by atoms with Crippen molar-refractivity contribution in [3.05, 3.63) is 53.9 Å². The molecule has 1 aromatic heterocycles. The van der Waals surface area contributed by atoms with Crippen LogP contribution in [-0.2, 0) is 11.3 Å². The number of aliphatic hydroxyl groups is 1. The Morgan fingerprint density at radius 3 is 2.95 bits per heavy atom. The summed E-state index contributed by atoms with van der Waals surface area (Å²) in [5, 5.41) is 12.9. The molecule has 0 aliphatic heterocycles. The molecule has 1 heterocycles. The third kappa shape index (κ3) is 3.52. The van der Waals surface area contributed by atoms with Crippen LogP contribution in [0.3, 0.4) is 0 Å². The summed E-state index contributed by atoms with van der Waals surface area (Å²) in [6.45, 7) is 2.25. The SMILES string of the molecule is Cc1cccc(NC(=O)Cn2ccc(C(O)C3CC3)c2)c1. The quantitative estimate of drug-likeness (QED) is 0.887. The lowest BCUT2D eigenvalue weighted by Crippen LogP contribution is -2.17. The van der Waals surface area contributed by atoms with Gasteiger partial charge in [0.05, 0.1) is 6.10 Å². The van der Waals surface area contributed by atoms with Gasteiger partial charge >= 0.3 is 0 Å². The van der Waals surface area contributed by atoms with Crippen LogP contribution in [0.4, 0.5) is 5.69 Å². The minimum absolute atomic E-state index is 0.0661. The van der Waals surface area contributed by atoms with Gasteiger partial charge in [0, 0.05) is 18.1 Å². The molecule has 1 aliphatic rings. The third-order valence-electron chi connectivity index (χ3n) is 3.81. The number of aromatic nitrogens is 1. The fourth-order valence-electron chi connectivity index (χ4n) is 2.51. The lowest BCUT2D eigenvalue weighted by Gasteiger charge is -2.08. The molecule has 1 atom stereocenters. The number of anilines is 1. The van der Waals surface area contributed by atoms with E-state index in [4.69, 9.17) is 0 Å². The molecule has 0 spiro atoms. The van der Waals surface area contributed by atoms with Crippen molar-refractivity contribution in [1.82, 2.24) is 4.57 Å². The number of aryl methyl sites for hydroxylation is 1. The number of hydrogen-bond acceptors (Lipinski definition) is 2. The molecule has 4 heteroatoms. The highest BCUT2D eigenvalue weighted by Crippen LogP contribution is 2.40. The first kappa shape index (κ1) is 13.9. The minimum atomic E-state index is -0.383. The molecule has 1 aliphatic carbocycles. The molecule has 1 unspecified atom stereocenters. The summed E-state index contributed by atoms with van der Waals surface area (Å²) < 4.78 is 1.81. The van der Waals surface area contributed by atoms with Crippen molar-refractivity contribution < 1.29 is 9.90 Å². The van der Waals surface area contributed by atoms with E-state index in [2.05, 4.69) is 5.32 Å². The van der Waals surface area contributed by atoms with E-state index < -0.39 is 0 Å². The van der Waals surface area contributed by atoms with Gasteiger partial charge in [-0.2, -0.15) is 0 Å². The zero-order valence-electron chi connectivity index (χ0n) is 12.1. The van der Waals surface area contributed by atoms with Crippen LogP contribution in [-0.4, -0.2) is 15.6 Å². The second-order valence-electron chi connectivity index (χ2n) is 5.82. The van der Waals surface area contributed by atoms with Gasteiger partial charge in [-0.1, -0.05) is 12.1 Å². The van der Waals surface area contributed by atoms with E-state index in [0.717, 1.165) is 29.7 Å². The highest BCUT2D eigenvalue weighted by atomic mass is 16.3. The van der Waals surface area contributed by atoms with Crippen LogP contribution in [0, 0.1) is 12.8 Å². The van der Waals surface area contributed by atoms with Crippen molar-refractivity contribution in [1.29, 1.82) is 0 Å². The average molecular weight is 284 g/mol. The minimum Gasteiger partial charge on any atom is -0.388 e. The van der Waals surface area contributed by atoms with Gasteiger partial charge in [0.15, 0.2) is 0 Å². The standard InChI is InChI=1S/C17H20N2O2/c1-12-3-2-4-15(9-12)18-16(20)11-19-8-7-14(10-19)17(21)13-5-6-13/h2-4,7-10,13,17,21H,5-6,11H2,1H3,(H,18,20). The van der Waals surface area contributed by atoms with E-state index in [1.807, 2.05) is 54.2 Å². The highest BCUT2D eigenvalue weighted by molar-refractivity contribution is 5.90. The zero-order chi connectivity index (χ0) is 14.8. The molecular formula is C17H20N2O2. The van der Waals surface area contributed by atoms with Crippen LogP contribution in [0.2, 0.25) is 0 Å². The molecule has 2 aromatic rings. The highest BCUT2D eigenvalue weighted by Gasteiger charge is 2.31. The van der Waals surface area contributed by atoms with Gasteiger partial charge in [-0.25, -0.2) is 0 Å². The summed E-state index contributed by atoms with van der Waals surface area (Å²) in [5.41, 5.74) is 2.83. The van der Waals surface area contributed by atoms with Gasteiger partial charge in [-0.3, -0.25) is 4.79 Å². The maximum Gasteiger partial charge on any atom is 0.244 e. The van der Waals surface area contributed by atoms with E-state index in [1.165, 1.54) is 0 Å². The number of nitrogens with one attached hydrogen (secondary N) is 1. The molecule has 1 saturated carbocycles. The summed E-state index contributed by atoms with van der Waals surface area (Å²) in [5.74, 6) is 0.339. The number of benzene rings is 1. The summed E-state index contributed by atoms with van der Waals surface area (Å²) >= 11 is 0. The van der Waals surface area contributed by atoms with Crippen LogP contribution in [0.25, 0.3) is 0 Å². The first-order valence-electron chi connectivity index (χ1n) is 7.32. The van der Waals surface area contributed by atoms with E-state index in [9.17, 15) is 9.90 Å². The normalized spacial score (nSPS) is 15.7. The van der Waals surface area contributed by atoms with Gasteiger partial charge in [0.25, 0.3) is 0 Å². The molecule has 1 amide bonds. The van der Waals surface area contributed by atoms with Crippen molar-refractivity contribution in [3.63, 3.8) is 0 Å². The van der Waals surface area contributed by atoms with Gasteiger partial charge in [-0.05, 0) is 55.0 Å². The summed E-state index contributed by atoms with van der Waals surface area (Å²) in [6, 6.07) is 9.62. The summed E-state index contributed by atoms with van der Waals surface area (Å²) in [7, 11) is 0. The Balaban J connectivity index is 1.59. The topological polar surface area (TPSA) is 54.3 Å². The van der Waals surface area contributed by atoms with Crippen LogP contribution in [0.5, 0.6) is 0 Å². The lowest BCUT2D eigenvalue weighted by atomic mass is 10.1. The van der Waals surface area contributed by atoms with Crippen molar-refractivity contribution in [3.8, 4) is 0 Å². The lowest BCUT2D eigenvalue weighted by molar-refractivity contribution is -0.116. The largest absolute Gasteiger partial charge is 0.388 e. The smallest absolute Gasteiger partial charge is 0.244 e. The van der Waals surface area contributed by atoms with Gasteiger partial charge in [0.1, 0.15) is 6.54 Å². The van der Waals surface area contributed by atoms with Crippen LogP contribution in [0.1, 0.15) is 30.1 Å². The van der Waals surface area contributed by atoms with Gasteiger partial charge in [-0.15, -0.1) is 0 Å². The van der Waals surface area contributed by atoms with Crippen molar-refractivity contribution >= 4 is 11.6 Å². The molecule has 3 rings (SSSR count). The summed E-state index contributed by atoms with van der Waals surface area (Å²) in [4.78, 5) is 12.0. The van der Waals surface area contributed by atoms with Crippen molar-refractivity contribution in [2.45, 2.75) is 32.4 Å². The molecule has 110 valence electrons. The molecule has 1 fully saturated rings. The van der Waals surface area contributed by atoms with Crippen LogP contribution < -0.4 is 5.32 Å². The number of carbonyl (C=O) groups excluding carboxylic acids is 1. The Bertz CT molecular complexity index is 644. The zero-order valence-corrected chi connectivity index (χ0v) is 12.1. The predicted molar refractivity (Wildman–Crippen MR) is 81.9 cm³/mol. The molecule has 4 nitrogen and oxygen atoms in total. The Kier molecular flexibility index (Phi) is 3.80. The van der Waals surface area contributed by atoms with E-state index in [1.54, 1.807) is 0 Å². The van der Waals surface area contributed by atoms with Crippen molar-refractivity contribution in [2.75, 3.05) is 5.32 Å². The number of hydrogen-bond donors (Lipinski definition) is 2. The number of aliphatic hydroxyl groups excluding tert-OH is 1. The average Bonchev–Trinajstić information content (AvgIpc) is 3.18. The first-order valence-corrected chi connectivity index (χ1v) is 7.32. The monoisotopic (exact) mass is 284 g/mol. The van der Waals surface area contributed by atoms with Gasteiger partial charge in [0.2, 0.25) is 5.91 Å². The van der Waals surface area contributed by atoms with Crippen LogP contribution >= 0.6 is 0 Å². The van der Waals surface area contributed by atoms with Crippen molar-refractivity contribution in [2.24, 2.45) is 5.92 Å². The van der Waals surface area contributed by atoms with Crippen LogP contribution in [0.15, 0.2) is 42.7 Å². The van der Waals surface area contributed by atoms with E-state index in [-0.39, 0.29) is 18.6 Å². The first-order chi connectivity index (χ1) is 10.1. The maximum absolute atomic E-state index is 12.0. The number of carbonyl (C=O) groups is 1. The Labute approximate surface area is 124 Å². The molecule has 21 heavy (non-hydrogen) atoms. The molecular weight excluding hydrogens is 264 g/mol. The third-order valence-corrected chi connectivity index (χ3v) is 3.81. The molecule has 2 N–H and O–H groups in total. The fraction of sp³-hybridized carbons (Fsp3) is 0.353. The number of nitrogens with zero attached hydrogens (tertiary/aromatic N) is 1. The molecule has 1 aromatic carbocycles. The summed E-state index contributed by atoms with van der Waals surface area (Å²) in [6.07, 6.45) is 5.52.